The molecule has 0 aliphatic rings. The van der Waals surface area contributed by atoms with Crippen molar-refractivity contribution in [2.75, 3.05) is 18.6 Å². The van der Waals surface area contributed by atoms with E-state index in [0.29, 0.717) is 35.8 Å². The van der Waals surface area contributed by atoms with Crippen LogP contribution in [0.2, 0.25) is 0 Å². The third kappa shape index (κ3) is 5.72. The minimum absolute atomic E-state index is 0.0450. The Morgan fingerprint density at radius 1 is 1.29 bits per heavy atom. The van der Waals surface area contributed by atoms with Crippen molar-refractivity contribution in [3.63, 3.8) is 0 Å². The number of nitrogens with one attached hydrogen (secondary N) is 2. The maximum atomic E-state index is 12.0. The maximum Gasteiger partial charge on any atom is 0.254 e. The Hall–Kier alpha value is -1.73. The van der Waals surface area contributed by atoms with Crippen molar-refractivity contribution in [1.82, 2.24) is 15.3 Å². The van der Waals surface area contributed by atoms with Crippen LogP contribution in [-0.2, 0) is 11.2 Å². The van der Waals surface area contributed by atoms with Crippen molar-refractivity contribution >= 4 is 29.4 Å². The van der Waals surface area contributed by atoms with Gasteiger partial charge in [-0.25, -0.2) is 4.98 Å². The fraction of sp³-hybridized carbons (Fsp3) is 0.353. The molecule has 24 heavy (non-hydrogen) atoms. The molecule has 1 aromatic carbocycles. The van der Waals surface area contributed by atoms with Crippen LogP contribution in [0.3, 0.4) is 0 Å². The number of hydrogen-bond acceptors (Lipinski definition) is 5. The number of aryl methyl sites for hydroxylation is 1. The molecule has 1 aromatic heterocycles. The maximum absolute atomic E-state index is 12.0. The lowest BCUT2D eigenvalue weighted by atomic mass is 10.1. The molecule has 0 unspecified atom stereocenters. The number of amides is 1. The number of aromatic nitrogens is 2. The highest BCUT2D eigenvalue weighted by Gasteiger charge is 2.10. The van der Waals surface area contributed by atoms with Gasteiger partial charge in [-0.3, -0.25) is 9.59 Å². The van der Waals surface area contributed by atoms with Crippen molar-refractivity contribution in [2.24, 2.45) is 0 Å². The van der Waals surface area contributed by atoms with Gasteiger partial charge in [-0.1, -0.05) is 30.0 Å². The number of carbonyl (C=O) groups is 1. The fourth-order valence-corrected chi connectivity index (χ4v) is 3.39. The highest BCUT2D eigenvalue weighted by molar-refractivity contribution is 7.99. The van der Waals surface area contributed by atoms with Crippen molar-refractivity contribution in [2.45, 2.75) is 29.8 Å². The summed E-state index contributed by atoms with van der Waals surface area (Å²) in [5.41, 5.74) is 1.12. The summed E-state index contributed by atoms with van der Waals surface area (Å²) in [5, 5.41) is 3.49. The molecule has 2 rings (SSSR count). The van der Waals surface area contributed by atoms with Crippen molar-refractivity contribution in [3.05, 3.63) is 51.9 Å². The molecule has 1 amide bonds. The van der Waals surface area contributed by atoms with E-state index in [-0.39, 0.29) is 11.5 Å². The summed E-state index contributed by atoms with van der Waals surface area (Å²) < 4.78 is 0. The van der Waals surface area contributed by atoms with Gasteiger partial charge in [-0.2, -0.15) is 0 Å². The third-order valence-electron chi connectivity index (χ3n) is 3.43. The number of thioether (sulfide) groups is 2. The number of carbonyl (C=O) groups excluding carboxylic acids is 1. The fourth-order valence-electron chi connectivity index (χ4n) is 2.18. The monoisotopic (exact) mass is 363 g/mol. The van der Waals surface area contributed by atoms with Gasteiger partial charge in [0.2, 0.25) is 5.91 Å². The van der Waals surface area contributed by atoms with Crippen molar-refractivity contribution < 1.29 is 4.79 Å². The number of hydrogen-bond donors (Lipinski definition) is 2. The van der Waals surface area contributed by atoms with Crippen LogP contribution in [0.1, 0.15) is 17.7 Å². The predicted molar refractivity (Wildman–Crippen MR) is 99.9 cm³/mol. The van der Waals surface area contributed by atoms with Crippen LogP contribution in [0.15, 0.2) is 45.2 Å². The van der Waals surface area contributed by atoms with Gasteiger partial charge in [0.15, 0.2) is 5.16 Å². The summed E-state index contributed by atoms with van der Waals surface area (Å²) in [6, 6.07) is 10.1. The molecule has 0 saturated carbocycles. The molecule has 2 aromatic rings. The topological polar surface area (TPSA) is 74.8 Å². The number of H-pyrrole nitrogens is 1. The summed E-state index contributed by atoms with van der Waals surface area (Å²) in [7, 11) is 0. The lowest BCUT2D eigenvalue weighted by Gasteiger charge is -2.07. The van der Waals surface area contributed by atoms with E-state index in [0.717, 1.165) is 5.75 Å². The number of benzene rings is 1. The van der Waals surface area contributed by atoms with Crippen LogP contribution in [0, 0.1) is 6.92 Å². The SMILES string of the molecule is CSc1nc(C)c(CCC(=O)NCCSc2ccccc2)c(=O)[nH]1. The highest BCUT2D eigenvalue weighted by atomic mass is 32.2. The summed E-state index contributed by atoms with van der Waals surface area (Å²) in [6.07, 6.45) is 2.55. The summed E-state index contributed by atoms with van der Waals surface area (Å²) in [6.45, 7) is 2.41. The average molecular weight is 364 g/mol. The minimum atomic E-state index is -0.153. The van der Waals surface area contributed by atoms with Gasteiger partial charge in [0.05, 0.1) is 0 Å². The molecule has 0 radical (unpaired) electrons. The third-order valence-corrected chi connectivity index (χ3v) is 5.03. The number of nitrogens with zero attached hydrogens (tertiary/aromatic N) is 1. The highest BCUT2D eigenvalue weighted by Crippen LogP contribution is 2.15. The summed E-state index contributed by atoms with van der Waals surface area (Å²) in [5.74, 6) is 0.774. The molecule has 0 fully saturated rings. The Bertz CT molecular complexity index is 732. The number of rotatable bonds is 8. The van der Waals surface area contributed by atoms with Gasteiger partial charge >= 0.3 is 0 Å². The molecule has 1 heterocycles. The molecule has 2 N–H and O–H groups in total. The van der Waals surface area contributed by atoms with Gasteiger partial charge in [-0.05, 0) is 31.7 Å². The Labute approximate surface area is 150 Å². The zero-order valence-electron chi connectivity index (χ0n) is 13.8. The Kier molecular flexibility index (Phi) is 7.39. The minimum Gasteiger partial charge on any atom is -0.355 e. The molecule has 0 bridgehead atoms. The Balaban J connectivity index is 1.74. The first kappa shape index (κ1) is 18.6. The molecular weight excluding hydrogens is 342 g/mol. The first-order valence-electron chi connectivity index (χ1n) is 7.68. The second-order valence-electron chi connectivity index (χ2n) is 5.15. The quantitative estimate of drug-likeness (QED) is 0.428. The van der Waals surface area contributed by atoms with E-state index in [4.69, 9.17) is 0 Å². The van der Waals surface area contributed by atoms with Crippen LogP contribution in [-0.4, -0.2) is 34.4 Å². The molecule has 0 aliphatic carbocycles. The van der Waals surface area contributed by atoms with Gasteiger partial charge in [-0.15, -0.1) is 11.8 Å². The van der Waals surface area contributed by atoms with Crippen LogP contribution in [0.4, 0.5) is 0 Å². The Morgan fingerprint density at radius 3 is 2.71 bits per heavy atom. The van der Waals surface area contributed by atoms with Gasteiger partial charge in [0, 0.05) is 34.9 Å². The zero-order chi connectivity index (χ0) is 17.4. The molecule has 0 spiro atoms. The lowest BCUT2D eigenvalue weighted by molar-refractivity contribution is -0.120. The van der Waals surface area contributed by atoms with Crippen molar-refractivity contribution in [1.29, 1.82) is 0 Å². The van der Waals surface area contributed by atoms with E-state index in [1.165, 1.54) is 16.7 Å². The van der Waals surface area contributed by atoms with Crippen LogP contribution in [0.25, 0.3) is 0 Å². The Morgan fingerprint density at radius 2 is 2.04 bits per heavy atom. The molecule has 128 valence electrons. The van der Waals surface area contributed by atoms with Crippen LogP contribution < -0.4 is 10.9 Å². The van der Waals surface area contributed by atoms with Gasteiger partial charge in [0.1, 0.15) is 0 Å². The second kappa shape index (κ2) is 9.54. The summed E-state index contributed by atoms with van der Waals surface area (Å²) in [4.78, 5) is 32.1. The first-order valence-corrected chi connectivity index (χ1v) is 9.89. The first-order chi connectivity index (χ1) is 11.6. The zero-order valence-corrected chi connectivity index (χ0v) is 15.4. The molecule has 5 nitrogen and oxygen atoms in total. The van der Waals surface area contributed by atoms with E-state index < -0.39 is 0 Å². The predicted octanol–water partition coefficient (Wildman–Crippen LogP) is 2.64. The van der Waals surface area contributed by atoms with E-state index in [1.54, 1.807) is 18.7 Å². The van der Waals surface area contributed by atoms with Gasteiger partial charge in [0.25, 0.3) is 5.56 Å². The smallest absolute Gasteiger partial charge is 0.254 e. The molecule has 0 saturated heterocycles. The number of aromatic amines is 1. The largest absolute Gasteiger partial charge is 0.355 e. The van der Waals surface area contributed by atoms with E-state index in [1.807, 2.05) is 36.6 Å². The normalized spacial score (nSPS) is 10.6. The molecule has 0 aliphatic heterocycles. The summed E-state index contributed by atoms with van der Waals surface area (Å²) >= 11 is 3.10. The average Bonchev–Trinajstić information content (AvgIpc) is 2.58. The standard InChI is InChI=1S/C17H21N3O2S2/c1-12-14(16(22)20-17(19-12)23-2)8-9-15(21)18-10-11-24-13-6-4-3-5-7-13/h3-7H,8-11H2,1-2H3,(H,18,21)(H,19,20,22). The van der Waals surface area contributed by atoms with E-state index in [9.17, 15) is 9.59 Å². The molecular formula is C17H21N3O2S2. The van der Waals surface area contributed by atoms with Crippen LogP contribution in [0.5, 0.6) is 0 Å². The molecule has 0 atom stereocenters. The van der Waals surface area contributed by atoms with E-state index in [2.05, 4.69) is 15.3 Å². The lowest BCUT2D eigenvalue weighted by Crippen LogP contribution is -2.27. The van der Waals surface area contributed by atoms with Crippen LogP contribution >= 0.6 is 23.5 Å². The second-order valence-corrected chi connectivity index (χ2v) is 7.11. The molecule has 7 heteroatoms. The van der Waals surface area contributed by atoms with Gasteiger partial charge < -0.3 is 10.3 Å². The van der Waals surface area contributed by atoms with Crippen molar-refractivity contribution in [3.8, 4) is 0 Å². The van der Waals surface area contributed by atoms with E-state index >= 15 is 0 Å².